The third kappa shape index (κ3) is 1.57. The molecule has 6 heteroatoms. The molecule has 4 nitrogen and oxygen atoms in total. The predicted molar refractivity (Wildman–Crippen MR) is 47.4 cm³/mol. The SMILES string of the molecule is O=S1(=O)CNc2ccc(F)cc2N1. The Kier molecular flexibility index (Phi) is 1.66. The zero-order valence-electron chi connectivity index (χ0n) is 6.54. The lowest BCUT2D eigenvalue weighted by molar-refractivity contribution is 0.602. The van der Waals surface area contributed by atoms with E-state index >= 15 is 0 Å². The van der Waals surface area contributed by atoms with Gasteiger partial charge in [-0.25, -0.2) is 12.8 Å². The minimum atomic E-state index is -3.34. The highest BCUT2D eigenvalue weighted by molar-refractivity contribution is 7.92. The van der Waals surface area contributed by atoms with E-state index in [0.29, 0.717) is 5.69 Å². The van der Waals surface area contributed by atoms with Gasteiger partial charge in [0, 0.05) is 6.07 Å². The molecule has 0 bridgehead atoms. The number of anilines is 2. The van der Waals surface area contributed by atoms with E-state index in [1.165, 1.54) is 12.1 Å². The Bertz CT molecular complexity index is 444. The van der Waals surface area contributed by atoms with E-state index < -0.39 is 15.8 Å². The lowest BCUT2D eigenvalue weighted by Crippen LogP contribution is -2.27. The topological polar surface area (TPSA) is 58.2 Å². The number of rotatable bonds is 0. The second-order valence-electron chi connectivity index (χ2n) is 2.73. The van der Waals surface area contributed by atoms with Gasteiger partial charge >= 0.3 is 0 Å². The molecule has 1 heterocycles. The Hall–Kier alpha value is -1.30. The normalized spacial score (nSPS) is 18.2. The number of hydrogen-bond acceptors (Lipinski definition) is 3. The molecule has 0 saturated carbocycles. The van der Waals surface area contributed by atoms with Crippen molar-refractivity contribution in [3.8, 4) is 0 Å². The highest BCUT2D eigenvalue weighted by Gasteiger charge is 2.19. The van der Waals surface area contributed by atoms with Crippen molar-refractivity contribution in [3.05, 3.63) is 24.0 Å². The van der Waals surface area contributed by atoms with Gasteiger partial charge in [-0.05, 0) is 12.1 Å². The third-order valence-corrected chi connectivity index (χ3v) is 2.76. The molecule has 70 valence electrons. The number of fused-ring (bicyclic) bond motifs is 1. The summed E-state index contributed by atoms with van der Waals surface area (Å²) in [5, 5.41) is 2.66. The fourth-order valence-electron chi connectivity index (χ4n) is 1.13. The maximum Gasteiger partial charge on any atom is 0.250 e. The number of sulfonamides is 1. The highest BCUT2D eigenvalue weighted by Crippen LogP contribution is 2.26. The van der Waals surface area contributed by atoms with Crippen molar-refractivity contribution >= 4 is 21.4 Å². The number of benzene rings is 1. The molecule has 0 aromatic heterocycles. The van der Waals surface area contributed by atoms with Crippen LogP contribution in [0, 0.1) is 5.82 Å². The van der Waals surface area contributed by atoms with E-state index in [9.17, 15) is 12.8 Å². The van der Waals surface area contributed by atoms with Gasteiger partial charge in [0.1, 0.15) is 11.7 Å². The minimum Gasteiger partial charge on any atom is -0.368 e. The van der Waals surface area contributed by atoms with E-state index in [1.807, 2.05) is 0 Å². The summed E-state index contributed by atoms with van der Waals surface area (Å²) in [6.07, 6.45) is 0. The Balaban J connectivity index is 2.50. The van der Waals surface area contributed by atoms with Gasteiger partial charge in [-0.3, -0.25) is 4.72 Å². The van der Waals surface area contributed by atoms with Crippen LogP contribution in [0.5, 0.6) is 0 Å². The zero-order chi connectivity index (χ0) is 9.47. The van der Waals surface area contributed by atoms with E-state index in [0.717, 1.165) is 6.07 Å². The number of halogens is 1. The molecule has 0 fully saturated rings. The van der Waals surface area contributed by atoms with Crippen molar-refractivity contribution in [1.29, 1.82) is 0 Å². The van der Waals surface area contributed by atoms with Crippen LogP contribution in [0.1, 0.15) is 0 Å². The first-order valence-electron chi connectivity index (χ1n) is 3.61. The van der Waals surface area contributed by atoms with Crippen LogP contribution in [0.15, 0.2) is 18.2 Å². The van der Waals surface area contributed by atoms with Crippen molar-refractivity contribution in [2.24, 2.45) is 0 Å². The average Bonchev–Trinajstić information content (AvgIpc) is 2.01. The Morgan fingerprint density at radius 3 is 2.85 bits per heavy atom. The van der Waals surface area contributed by atoms with Crippen molar-refractivity contribution in [1.82, 2.24) is 0 Å². The quantitative estimate of drug-likeness (QED) is 0.658. The molecular weight excluding hydrogens is 195 g/mol. The summed E-state index contributed by atoms with van der Waals surface area (Å²) < 4.78 is 37.0. The summed E-state index contributed by atoms with van der Waals surface area (Å²) in [7, 11) is -3.34. The highest BCUT2D eigenvalue weighted by atomic mass is 32.2. The second kappa shape index (κ2) is 2.59. The van der Waals surface area contributed by atoms with Crippen molar-refractivity contribution in [2.75, 3.05) is 15.9 Å². The third-order valence-electron chi connectivity index (χ3n) is 1.70. The van der Waals surface area contributed by atoms with E-state index in [2.05, 4.69) is 10.0 Å². The van der Waals surface area contributed by atoms with Gasteiger partial charge in [0.2, 0.25) is 0 Å². The molecule has 2 N–H and O–H groups in total. The van der Waals surface area contributed by atoms with E-state index in [1.54, 1.807) is 0 Å². The number of nitrogens with one attached hydrogen (secondary N) is 2. The van der Waals surface area contributed by atoms with Crippen molar-refractivity contribution < 1.29 is 12.8 Å². The zero-order valence-corrected chi connectivity index (χ0v) is 7.36. The maximum absolute atomic E-state index is 12.7. The molecule has 0 aliphatic carbocycles. The summed E-state index contributed by atoms with van der Waals surface area (Å²) in [5.74, 6) is -0.642. The van der Waals surface area contributed by atoms with Gasteiger partial charge in [0.05, 0.1) is 11.4 Å². The molecule has 1 aromatic carbocycles. The predicted octanol–water partition coefficient (Wildman–Crippen LogP) is 0.950. The van der Waals surface area contributed by atoms with Crippen LogP contribution >= 0.6 is 0 Å². The molecule has 0 atom stereocenters. The summed E-state index contributed by atoms with van der Waals surface area (Å²) in [6, 6.07) is 3.90. The van der Waals surface area contributed by atoms with Crippen molar-refractivity contribution in [3.63, 3.8) is 0 Å². The molecule has 0 spiro atoms. The molecule has 0 saturated heterocycles. The fourth-order valence-corrected chi connectivity index (χ4v) is 2.05. The van der Waals surface area contributed by atoms with Gasteiger partial charge in [-0.15, -0.1) is 0 Å². The molecular formula is C7H7FN2O2S. The minimum absolute atomic E-state index is 0.175. The molecule has 1 aliphatic rings. The Labute approximate surface area is 74.8 Å². The molecule has 1 aliphatic heterocycles. The van der Waals surface area contributed by atoms with Crippen molar-refractivity contribution in [2.45, 2.75) is 0 Å². The summed E-state index contributed by atoms with van der Waals surface area (Å²) >= 11 is 0. The van der Waals surface area contributed by atoms with Gasteiger partial charge in [0.15, 0.2) is 0 Å². The smallest absolute Gasteiger partial charge is 0.250 e. The van der Waals surface area contributed by atoms with Crippen LogP contribution in [0.2, 0.25) is 0 Å². The summed E-state index contributed by atoms with van der Waals surface area (Å²) in [4.78, 5) is 0. The summed E-state index contributed by atoms with van der Waals surface area (Å²) in [6.45, 7) is 0. The van der Waals surface area contributed by atoms with Gasteiger partial charge in [-0.1, -0.05) is 0 Å². The second-order valence-corrected chi connectivity index (χ2v) is 4.45. The largest absolute Gasteiger partial charge is 0.368 e. The first kappa shape index (κ1) is 8.31. The maximum atomic E-state index is 12.7. The van der Waals surface area contributed by atoms with Gasteiger partial charge in [-0.2, -0.15) is 0 Å². The van der Waals surface area contributed by atoms with Crippen LogP contribution in [0.3, 0.4) is 0 Å². The van der Waals surface area contributed by atoms with Crippen LogP contribution in [0.4, 0.5) is 15.8 Å². The first-order chi connectivity index (χ1) is 6.07. The molecule has 0 amide bonds. The lowest BCUT2D eigenvalue weighted by Gasteiger charge is -2.19. The van der Waals surface area contributed by atoms with Crippen LogP contribution in [-0.2, 0) is 10.0 Å². The first-order valence-corrected chi connectivity index (χ1v) is 5.26. The average molecular weight is 202 g/mol. The van der Waals surface area contributed by atoms with Crippen LogP contribution in [0.25, 0.3) is 0 Å². The molecule has 0 radical (unpaired) electrons. The summed E-state index contributed by atoms with van der Waals surface area (Å²) in [5.41, 5.74) is 0.850. The van der Waals surface area contributed by atoms with E-state index in [-0.39, 0.29) is 11.6 Å². The molecule has 1 aromatic rings. The van der Waals surface area contributed by atoms with Crippen LogP contribution < -0.4 is 10.0 Å². The standard InChI is InChI=1S/C7H7FN2O2S/c8-5-1-2-6-7(3-5)10-13(11,12)4-9-6/h1-3,9-10H,4H2. The van der Waals surface area contributed by atoms with Gasteiger partial charge in [0.25, 0.3) is 10.0 Å². The Morgan fingerprint density at radius 2 is 2.08 bits per heavy atom. The lowest BCUT2D eigenvalue weighted by atomic mass is 10.2. The molecule has 0 unspecified atom stereocenters. The Morgan fingerprint density at radius 1 is 1.31 bits per heavy atom. The molecule has 13 heavy (non-hydrogen) atoms. The fraction of sp³-hybridized carbons (Fsp3) is 0.143. The van der Waals surface area contributed by atoms with E-state index in [4.69, 9.17) is 0 Å². The monoisotopic (exact) mass is 202 g/mol. The van der Waals surface area contributed by atoms with Crippen LogP contribution in [-0.4, -0.2) is 14.3 Å². The van der Waals surface area contributed by atoms with Gasteiger partial charge < -0.3 is 5.32 Å². The number of hydrogen-bond donors (Lipinski definition) is 2. The molecule has 2 rings (SSSR count).